The molecular formula is C15H18BrNO4. The van der Waals surface area contributed by atoms with Crippen LogP contribution < -0.4 is 4.74 Å². The van der Waals surface area contributed by atoms with Gasteiger partial charge in [-0.1, -0.05) is 15.9 Å². The monoisotopic (exact) mass is 355 g/mol. The largest absolute Gasteiger partial charge is 0.497 e. The topological polar surface area (TPSA) is 66.8 Å². The molecule has 2 atom stereocenters. The van der Waals surface area contributed by atoms with Gasteiger partial charge in [0.15, 0.2) is 0 Å². The summed E-state index contributed by atoms with van der Waals surface area (Å²) in [5.41, 5.74) is 0.838. The number of nitrogens with zero attached hydrogens (tertiary/aromatic N) is 1. The minimum Gasteiger partial charge on any atom is -0.497 e. The molecule has 0 aliphatic carbocycles. The Labute approximate surface area is 132 Å². The first kappa shape index (κ1) is 15.8. The molecule has 2 unspecified atom stereocenters. The average molecular weight is 356 g/mol. The minimum absolute atomic E-state index is 0.0554. The minimum atomic E-state index is -0.833. The number of carbonyl (C=O) groups is 2. The molecule has 21 heavy (non-hydrogen) atoms. The quantitative estimate of drug-likeness (QED) is 0.899. The molecule has 6 heteroatoms. The van der Waals surface area contributed by atoms with E-state index in [0.29, 0.717) is 18.7 Å². The molecule has 0 aromatic heterocycles. The number of likely N-dealkylation sites (tertiary alicyclic amines) is 1. The van der Waals surface area contributed by atoms with E-state index in [0.717, 1.165) is 10.0 Å². The predicted molar refractivity (Wildman–Crippen MR) is 81.3 cm³/mol. The predicted octanol–water partition coefficient (Wildman–Crippen LogP) is 2.32. The summed E-state index contributed by atoms with van der Waals surface area (Å²) in [6.45, 7) is 2.29. The van der Waals surface area contributed by atoms with Gasteiger partial charge in [-0.25, -0.2) is 0 Å². The molecule has 0 saturated carbocycles. The third kappa shape index (κ3) is 3.37. The molecule has 114 valence electrons. The third-order valence-electron chi connectivity index (χ3n) is 3.99. The summed E-state index contributed by atoms with van der Waals surface area (Å²) in [6.07, 6.45) is 0.746. The summed E-state index contributed by atoms with van der Waals surface area (Å²) in [7, 11) is 1.58. The van der Waals surface area contributed by atoms with Crippen molar-refractivity contribution in [2.75, 3.05) is 13.7 Å². The second-order valence-electron chi connectivity index (χ2n) is 5.20. The fourth-order valence-corrected chi connectivity index (χ4v) is 3.09. The van der Waals surface area contributed by atoms with Gasteiger partial charge in [-0.15, -0.1) is 0 Å². The maximum absolute atomic E-state index is 12.4. The first-order chi connectivity index (χ1) is 9.93. The number of hydrogen-bond donors (Lipinski definition) is 1. The lowest BCUT2D eigenvalue weighted by Crippen LogP contribution is -2.38. The van der Waals surface area contributed by atoms with E-state index in [-0.39, 0.29) is 18.4 Å². The van der Waals surface area contributed by atoms with Crippen LogP contribution >= 0.6 is 15.9 Å². The molecule has 0 spiro atoms. The maximum atomic E-state index is 12.4. The Bertz CT molecular complexity index is 561. The van der Waals surface area contributed by atoms with E-state index in [2.05, 4.69) is 15.9 Å². The molecule has 1 fully saturated rings. The van der Waals surface area contributed by atoms with E-state index < -0.39 is 11.9 Å². The number of halogens is 1. The first-order valence-corrected chi connectivity index (χ1v) is 7.58. The van der Waals surface area contributed by atoms with Gasteiger partial charge >= 0.3 is 5.97 Å². The van der Waals surface area contributed by atoms with Crippen molar-refractivity contribution in [2.24, 2.45) is 5.92 Å². The molecule has 2 rings (SSSR count). The highest BCUT2D eigenvalue weighted by atomic mass is 79.9. The van der Waals surface area contributed by atoms with Crippen LogP contribution in [0.25, 0.3) is 0 Å². The van der Waals surface area contributed by atoms with Crippen molar-refractivity contribution in [1.29, 1.82) is 0 Å². The second kappa shape index (κ2) is 6.47. The number of carboxylic acid groups (broad SMARTS) is 1. The number of carbonyl (C=O) groups excluding carboxylic acids is 1. The molecule has 0 bridgehead atoms. The smallest absolute Gasteiger partial charge is 0.308 e. The fourth-order valence-electron chi connectivity index (χ4n) is 2.70. The lowest BCUT2D eigenvalue weighted by Gasteiger charge is -2.23. The van der Waals surface area contributed by atoms with Crippen molar-refractivity contribution in [3.63, 3.8) is 0 Å². The Morgan fingerprint density at radius 1 is 1.48 bits per heavy atom. The number of ether oxygens (including phenoxy) is 1. The van der Waals surface area contributed by atoms with Crippen molar-refractivity contribution in [1.82, 2.24) is 4.90 Å². The molecule has 1 aromatic carbocycles. The van der Waals surface area contributed by atoms with Crippen LogP contribution in [0, 0.1) is 5.92 Å². The molecule has 1 aliphatic heterocycles. The Morgan fingerprint density at radius 3 is 2.76 bits per heavy atom. The molecule has 1 amide bonds. The van der Waals surface area contributed by atoms with E-state index in [4.69, 9.17) is 9.84 Å². The van der Waals surface area contributed by atoms with Crippen molar-refractivity contribution in [2.45, 2.75) is 25.8 Å². The summed E-state index contributed by atoms with van der Waals surface area (Å²) in [6, 6.07) is 5.21. The van der Waals surface area contributed by atoms with Crippen LogP contribution in [0.5, 0.6) is 5.75 Å². The summed E-state index contributed by atoms with van der Waals surface area (Å²) < 4.78 is 6.01. The van der Waals surface area contributed by atoms with Gasteiger partial charge in [0.25, 0.3) is 0 Å². The summed E-state index contributed by atoms with van der Waals surface area (Å²) in [5.74, 6) is -0.665. The van der Waals surface area contributed by atoms with Crippen LogP contribution in [0.15, 0.2) is 22.7 Å². The number of rotatable bonds is 4. The zero-order valence-electron chi connectivity index (χ0n) is 12.0. The number of benzene rings is 1. The zero-order chi connectivity index (χ0) is 15.6. The van der Waals surface area contributed by atoms with Gasteiger partial charge < -0.3 is 14.7 Å². The molecule has 5 nitrogen and oxygen atoms in total. The Morgan fingerprint density at radius 2 is 2.19 bits per heavy atom. The van der Waals surface area contributed by atoms with Gasteiger partial charge in [0, 0.05) is 17.1 Å². The highest BCUT2D eigenvalue weighted by Crippen LogP contribution is 2.27. The lowest BCUT2D eigenvalue weighted by molar-refractivity contribution is -0.143. The Balaban J connectivity index is 2.10. The number of methoxy groups -OCH3 is 1. The molecule has 0 radical (unpaired) electrons. The summed E-state index contributed by atoms with van der Waals surface area (Å²) in [5, 5.41) is 9.12. The molecule has 1 aromatic rings. The summed E-state index contributed by atoms with van der Waals surface area (Å²) >= 11 is 3.43. The van der Waals surface area contributed by atoms with E-state index in [9.17, 15) is 9.59 Å². The van der Waals surface area contributed by atoms with Gasteiger partial charge in [0.2, 0.25) is 5.91 Å². The standard InChI is InChI=1S/C15H18BrNO4/c1-9-12(15(19)20)5-6-17(9)14(18)8-10-7-11(21-2)3-4-13(10)16/h3-4,7,9,12H,5-6,8H2,1-2H3,(H,19,20). The lowest BCUT2D eigenvalue weighted by atomic mass is 10.0. The van der Waals surface area contributed by atoms with Crippen LogP contribution in [0.3, 0.4) is 0 Å². The Hall–Kier alpha value is -1.56. The molecule has 1 N–H and O–H groups in total. The van der Waals surface area contributed by atoms with E-state index >= 15 is 0 Å². The highest BCUT2D eigenvalue weighted by Gasteiger charge is 2.37. The van der Waals surface area contributed by atoms with Crippen molar-refractivity contribution >= 4 is 27.8 Å². The van der Waals surface area contributed by atoms with Gasteiger partial charge in [0.1, 0.15) is 5.75 Å². The molecule has 1 heterocycles. The molecule has 1 saturated heterocycles. The van der Waals surface area contributed by atoms with Gasteiger partial charge in [0.05, 0.1) is 19.4 Å². The van der Waals surface area contributed by atoms with E-state index in [1.54, 1.807) is 18.9 Å². The van der Waals surface area contributed by atoms with Crippen LogP contribution in [0.2, 0.25) is 0 Å². The normalized spacial score (nSPS) is 21.4. The van der Waals surface area contributed by atoms with Crippen LogP contribution in [-0.4, -0.2) is 41.6 Å². The van der Waals surface area contributed by atoms with E-state index in [1.807, 2.05) is 18.2 Å². The van der Waals surface area contributed by atoms with Crippen molar-refractivity contribution in [3.8, 4) is 5.75 Å². The number of aliphatic carboxylic acids is 1. The van der Waals surface area contributed by atoms with Crippen molar-refractivity contribution in [3.05, 3.63) is 28.2 Å². The zero-order valence-corrected chi connectivity index (χ0v) is 13.6. The van der Waals surface area contributed by atoms with Gasteiger partial charge in [-0.3, -0.25) is 9.59 Å². The van der Waals surface area contributed by atoms with Crippen LogP contribution in [0.4, 0.5) is 0 Å². The summed E-state index contributed by atoms with van der Waals surface area (Å²) in [4.78, 5) is 25.2. The number of carboxylic acids is 1. The van der Waals surface area contributed by atoms with Gasteiger partial charge in [-0.05, 0) is 37.1 Å². The van der Waals surface area contributed by atoms with Crippen LogP contribution in [0.1, 0.15) is 18.9 Å². The second-order valence-corrected chi connectivity index (χ2v) is 6.05. The first-order valence-electron chi connectivity index (χ1n) is 6.78. The van der Waals surface area contributed by atoms with Crippen molar-refractivity contribution < 1.29 is 19.4 Å². The third-order valence-corrected chi connectivity index (χ3v) is 4.76. The molecular weight excluding hydrogens is 338 g/mol. The van der Waals surface area contributed by atoms with Crippen LogP contribution in [-0.2, 0) is 16.0 Å². The number of amides is 1. The SMILES string of the molecule is COc1ccc(Br)c(CC(=O)N2CCC(C(=O)O)C2C)c1. The number of hydrogen-bond acceptors (Lipinski definition) is 3. The average Bonchev–Trinajstić information content (AvgIpc) is 2.83. The fraction of sp³-hybridized carbons (Fsp3) is 0.467. The molecule has 1 aliphatic rings. The van der Waals surface area contributed by atoms with E-state index in [1.165, 1.54) is 0 Å². The Kier molecular flexibility index (Phi) is 4.88. The maximum Gasteiger partial charge on any atom is 0.308 e. The highest BCUT2D eigenvalue weighted by molar-refractivity contribution is 9.10. The van der Waals surface area contributed by atoms with Gasteiger partial charge in [-0.2, -0.15) is 0 Å².